The fraction of sp³-hybridized carbons (Fsp3) is 0.333. The average molecular weight is 344 g/mol. The zero-order valence-corrected chi connectivity index (χ0v) is 14.1. The second-order valence-corrected chi connectivity index (χ2v) is 6.72. The fourth-order valence-electron chi connectivity index (χ4n) is 2.68. The quantitative estimate of drug-likeness (QED) is 0.835. The first kappa shape index (κ1) is 16.7. The Morgan fingerprint density at radius 1 is 1.04 bits per heavy atom. The lowest BCUT2D eigenvalue weighted by molar-refractivity contribution is -0.122. The second kappa shape index (κ2) is 8.08. The maximum Gasteiger partial charge on any atom is 0.265 e. The van der Waals surface area contributed by atoms with E-state index in [2.05, 4.69) is 10.6 Å². The Labute approximate surface area is 145 Å². The minimum atomic E-state index is -0.155. The van der Waals surface area contributed by atoms with Gasteiger partial charge < -0.3 is 15.4 Å². The van der Waals surface area contributed by atoms with Gasteiger partial charge in [-0.05, 0) is 48.6 Å². The van der Waals surface area contributed by atoms with E-state index in [-0.39, 0.29) is 24.5 Å². The largest absolute Gasteiger partial charge is 0.368 e. The fourth-order valence-corrected chi connectivity index (χ4v) is 3.30. The van der Waals surface area contributed by atoms with Crippen LogP contribution in [-0.4, -0.2) is 24.5 Å². The van der Waals surface area contributed by atoms with Gasteiger partial charge in [-0.25, -0.2) is 0 Å². The Morgan fingerprint density at radius 2 is 1.71 bits per heavy atom. The van der Waals surface area contributed by atoms with Crippen molar-refractivity contribution in [2.75, 3.05) is 17.2 Å². The van der Waals surface area contributed by atoms with Gasteiger partial charge in [0.1, 0.15) is 6.61 Å². The third kappa shape index (κ3) is 4.66. The van der Waals surface area contributed by atoms with Crippen molar-refractivity contribution in [2.45, 2.75) is 31.8 Å². The molecule has 6 heteroatoms. The Morgan fingerprint density at radius 3 is 2.33 bits per heavy atom. The molecule has 1 aliphatic rings. The summed E-state index contributed by atoms with van der Waals surface area (Å²) in [6, 6.07) is 10.7. The molecule has 1 saturated carbocycles. The van der Waals surface area contributed by atoms with Crippen molar-refractivity contribution < 1.29 is 14.3 Å². The molecule has 2 amide bonds. The highest BCUT2D eigenvalue weighted by molar-refractivity contribution is 7.12. The van der Waals surface area contributed by atoms with Crippen molar-refractivity contribution in [2.24, 2.45) is 0 Å². The number of thiophene rings is 1. The molecule has 1 fully saturated rings. The number of rotatable bonds is 6. The van der Waals surface area contributed by atoms with Crippen molar-refractivity contribution in [1.29, 1.82) is 0 Å². The monoisotopic (exact) mass is 344 g/mol. The molecule has 24 heavy (non-hydrogen) atoms. The zero-order chi connectivity index (χ0) is 16.8. The molecule has 0 bridgehead atoms. The lowest BCUT2D eigenvalue weighted by Gasteiger charge is -2.11. The second-order valence-electron chi connectivity index (χ2n) is 5.77. The standard InChI is InChI=1S/C18H20N2O3S/c21-17(12-23-15-4-1-2-5-15)19-13-7-9-14(10-8-13)20-18(22)16-6-3-11-24-16/h3,6-11,15H,1-2,4-5,12H2,(H,19,21)(H,20,22). The molecule has 2 N–H and O–H groups in total. The molecule has 0 atom stereocenters. The molecule has 2 aromatic rings. The number of hydrogen-bond donors (Lipinski definition) is 2. The molecule has 0 aliphatic heterocycles. The third-order valence-electron chi connectivity index (χ3n) is 3.92. The van der Waals surface area contributed by atoms with Gasteiger partial charge in [0, 0.05) is 11.4 Å². The van der Waals surface area contributed by atoms with Crippen LogP contribution in [0.4, 0.5) is 11.4 Å². The van der Waals surface area contributed by atoms with Gasteiger partial charge in [-0.1, -0.05) is 18.9 Å². The number of ether oxygens (including phenoxy) is 1. The van der Waals surface area contributed by atoms with Crippen LogP contribution in [0.2, 0.25) is 0 Å². The SMILES string of the molecule is O=C(COC1CCCC1)Nc1ccc(NC(=O)c2cccs2)cc1. The van der Waals surface area contributed by atoms with Crippen LogP contribution in [0.1, 0.15) is 35.4 Å². The summed E-state index contributed by atoms with van der Waals surface area (Å²) < 4.78 is 5.59. The molecular weight excluding hydrogens is 324 g/mol. The summed E-state index contributed by atoms with van der Waals surface area (Å²) in [5.74, 6) is -0.288. The smallest absolute Gasteiger partial charge is 0.265 e. The van der Waals surface area contributed by atoms with Crippen molar-refractivity contribution in [3.63, 3.8) is 0 Å². The summed E-state index contributed by atoms with van der Waals surface area (Å²) in [6.07, 6.45) is 4.69. The predicted octanol–water partition coefficient (Wildman–Crippen LogP) is 3.90. The molecule has 1 heterocycles. The van der Waals surface area contributed by atoms with Gasteiger partial charge in [-0.3, -0.25) is 9.59 Å². The molecule has 1 aromatic carbocycles. The summed E-state index contributed by atoms with van der Waals surface area (Å²) in [7, 11) is 0. The predicted molar refractivity (Wildman–Crippen MR) is 95.6 cm³/mol. The van der Waals surface area contributed by atoms with E-state index in [1.165, 1.54) is 24.2 Å². The Hall–Kier alpha value is -2.18. The van der Waals surface area contributed by atoms with Crippen molar-refractivity contribution in [3.05, 3.63) is 46.7 Å². The minimum absolute atomic E-state index is 0.0849. The first-order chi connectivity index (χ1) is 11.7. The number of benzene rings is 1. The number of carbonyl (C=O) groups is 2. The molecule has 0 saturated heterocycles. The first-order valence-electron chi connectivity index (χ1n) is 8.07. The van der Waals surface area contributed by atoms with Crippen LogP contribution in [0.3, 0.4) is 0 Å². The summed E-state index contributed by atoms with van der Waals surface area (Å²) >= 11 is 1.39. The highest BCUT2D eigenvalue weighted by Gasteiger charge is 2.16. The van der Waals surface area contributed by atoms with Gasteiger partial charge in [0.05, 0.1) is 11.0 Å². The molecular formula is C18H20N2O3S. The van der Waals surface area contributed by atoms with E-state index in [1.54, 1.807) is 30.3 Å². The highest BCUT2D eigenvalue weighted by atomic mass is 32.1. The molecule has 5 nitrogen and oxygen atoms in total. The van der Waals surface area contributed by atoms with Crippen LogP contribution < -0.4 is 10.6 Å². The molecule has 1 aromatic heterocycles. The average Bonchev–Trinajstić information content (AvgIpc) is 3.28. The van der Waals surface area contributed by atoms with Crippen LogP contribution in [0.15, 0.2) is 41.8 Å². The molecule has 126 valence electrons. The van der Waals surface area contributed by atoms with E-state index in [0.717, 1.165) is 12.8 Å². The topological polar surface area (TPSA) is 67.4 Å². The van der Waals surface area contributed by atoms with Crippen LogP contribution in [-0.2, 0) is 9.53 Å². The number of anilines is 2. The van der Waals surface area contributed by atoms with Crippen LogP contribution in [0.5, 0.6) is 0 Å². The van der Waals surface area contributed by atoms with Crippen LogP contribution >= 0.6 is 11.3 Å². The molecule has 0 unspecified atom stereocenters. The number of amides is 2. The van der Waals surface area contributed by atoms with E-state index in [9.17, 15) is 9.59 Å². The van der Waals surface area contributed by atoms with E-state index >= 15 is 0 Å². The van der Waals surface area contributed by atoms with E-state index in [0.29, 0.717) is 16.3 Å². The Balaban J connectivity index is 1.47. The Bertz CT molecular complexity index is 677. The molecule has 0 spiro atoms. The number of hydrogen-bond acceptors (Lipinski definition) is 4. The highest BCUT2D eigenvalue weighted by Crippen LogP contribution is 2.21. The van der Waals surface area contributed by atoms with Crippen LogP contribution in [0, 0.1) is 0 Å². The normalized spacial score (nSPS) is 14.5. The first-order valence-corrected chi connectivity index (χ1v) is 8.95. The summed E-state index contributed by atoms with van der Waals surface area (Å²) in [6.45, 7) is 0.0849. The minimum Gasteiger partial charge on any atom is -0.368 e. The summed E-state index contributed by atoms with van der Waals surface area (Å²) in [5.41, 5.74) is 1.37. The van der Waals surface area contributed by atoms with E-state index < -0.39 is 0 Å². The summed E-state index contributed by atoms with van der Waals surface area (Å²) in [5, 5.41) is 7.48. The maximum atomic E-state index is 12.0. The van der Waals surface area contributed by atoms with Crippen molar-refractivity contribution >= 4 is 34.5 Å². The maximum absolute atomic E-state index is 12.0. The van der Waals surface area contributed by atoms with Crippen molar-refractivity contribution in [3.8, 4) is 0 Å². The molecule has 3 rings (SSSR count). The van der Waals surface area contributed by atoms with Crippen LogP contribution in [0.25, 0.3) is 0 Å². The lowest BCUT2D eigenvalue weighted by Crippen LogP contribution is -2.21. The van der Waals surface area contributed by atoms with Gasteiger partial charge in [0.25, 0.3) is 5.91 Å². The molecule has 1 aliphatic carbocycles. The Kier molecular flexibility index (Phi) is 5.61. The lowest BCUT2D eigenvalue weighted by atomic mass is 10.2. The van der Waals surface area contributed by atoms with Gasteiger partial charge in [-0.2, -0.15) is 0 Å². The van der Waals surface area contributed by atoms with Gasteiger partial charge >= 0.3 is 0 Å². The van der Waals surface area contributed by atoms with Gasteiger partial charge in [0.15, 0.2) is 0 Å². The third-order valence-corrected chi connectivity index (χ3v) is 4.79. The summed E-state index contributed by atoms with van der Waals surface area (Å²) in [4.78, 5) is 24.5. The van der Waals surface area contributed by atoms with E-state index in [4.69, 9.17) is 4.74 Å². The van der Waals surface area contributed by atoms with Gasteiger partial charge in [0.2, 0.25) is 5.91 Å². The zero-order valence-electron chi connectivity index (χ0n) is 13.3. The number of nitrogens with one attached hydrogen (secondary N) is 2. The van der Waals surface area contributed by atoms with E-state index in [1.807, 2.05) is 11.4 Å². The van der Waals surface area contributed by atoms with Gasteiger partial charge in [-0.15, -0.1) is 11.3 Å². The molecule has 0 radical (unpaired) electrons. The van der Waals surface area contributed by atoms with Crippen molar-refractivity contribution in [1.82, 2.24) is 0 Å². The number of carbonyl (C=O) groups excluding carboxylic acids is 2.